The Morgan fingerprint density at radius 3 is 2.42 bits per heavy atom. The summed E-state index contributed by atoms with van der Waals surface area (Å²) in [6.07, 6.45) is 6.13. The van der Waals surface area contributed by atoms with Gasteiger partial charge in [-0.1, -0.05) is 6.58 Å². The third kappa shape index (κ3) is 3.33. The van der Waals surface area contributed by atoms with Gasteiger partial charge < -0.3 is 9.47 Å². The summed E-state index contributed by atoms with van der Waals surface area (Å²) in [5.41, 5.74) is 1.50. The lowest BCUT2D eigenvalue weighted by Gasteiger charge is -2.37. The van der Waals surface area contributed by atoms with Crippen molar-refractivity contribution in [3.8, 4) is 11.5 Å². The fraction of sp³-hybridized carbons (Fsp3) is 0.136. The maximum atomic E-state index is 15.2. The van der Waals surface area contributed by atoms with Crippen LogP contribution in [0.2, 0.25) is 0 Å². The molecule has 31 heavy (non-hydrogen) atoms. The Kier molecular flexibility index (Phi) is 5.24. The van der Waals surface area contributed by atoms with Crippen molar-refractivity contribution in [1.29, 1.82) is 0 Å². The van der Waals surface area contributed by atoms with E-state index >= 15 is 8.78 Å². The molecule has 0 atom stereocenters. The monoisotopic (exact) mass is 424 g/mol. The first-order valence-corrected chi connectivity index (χ1v) is 9.23. The normalized spacial score (nSPS) is 13.1. The summed E-state index contributed by atoms with van der Waals surface area (Å²) in [6, 6.07) is 5.43. The van der Waals surface area contributed by atoms with Crippen molar-refractivity contribution >= 4 is 29.2 Å². The maximum absolute atomic E-state index is 15.2. The zero-order chi connectivity index (χ0) is 22.1. The van der Waals surface area contributed by atoms with Gasteiger partial charge in [-0.2, -0.15) is 0 Å². The van der Waals surface area contributed by atoms with Crippen LogP contribution in [0.3, 0.4) is 0 Å². The number of amides is 2. The molecule has 1 aliphatic rings. The highest BCUT2D eigenvalue weighted by molar-refractivity contribution is 6.11. The number of rotatable bonds is 5. The summed E-state index contributed by atoms with van der Waals surface area (Å²) in [7, 11) is 2.49. The summed E-state index contributed by atoms with van der Waals surface area (Å²) in [6.45, 7) is 3.59. The Balaban J connectivity index is 1.94. The summed E-state index contributed by atoms with van der Waals surface area (Å²) < 4.78 is 40.3. The minimum absolute atomic E-state index is 0.112. The predicted octanol–water partition coefficient (Wildman–Crippen LogP) is 4.69. The van der Waals surface area contributed by atoms with E-state index in [0.29, 0.717) is 22.6 Å². The van der Waals surface area contributed by atoms with E-state index in [1.807, 2.05) is 0 Å². The standard InChI is InChI=1S/C22H18F2N4O3/c1-4-14-8-16-13(10-26-14)12-27(22(29)28(16)15-6-5-7-25-11-15)21-19(23)17(30-2)9-18(31-3)20(21)24/h4-11H,1,12H2,2-3H3. The van der Waals surface area contributed by atoms with Crippen molar-refractivity contribution in [2.45, 2.75) is 6.54 Å². The quantitative estimate of drug-likeness (QED) is 0.594. The van der Waals surface area contributed by atoms with Crippen molar-refractivity contribution < 1.29 is 23.0 Å². The Morgan fingerprint density at radius 2 is 1.84 bits per heavy atom. The molecule has 0 spiro atoms. The van der Waals surface area contributed by atoms with E-state index in [1.165, 1.54) is 25.3 Å². The molecule has 3 aromatic rings. The number of halogens is 2. The van der Waals surface area contributed by atoms with Crippen LogP contribution in [0.25, 0.3) is 6.08 Å². The topological polar surface area (TPSA) is 67.8 Å². The molecule has 158 valence electrons. The van der Waals surface area contributed by atoms with E-state index < -0.39 is 23.4 Å². The van der Waals surface area contributed by atoms with Gasteiger partial charge in [0.2, 0.25) is 0 Å². The molecule has 1 aliphatic heterocycles. The SMILES string of the molecule is C=Cc1cc2c(cn1)CN(c1c(F)c(OC)cc(OC)c1F)C(=O)N2c1cccnc1. The van der Waals surface area contributed by atoms with Crippen molar-refractivity contribution in [3.05, 3.63) is 72.3 Å². The average molecular weight is 424 g/mol. The number of fused-ring (bicyclic) bond motifs is 1. The van der Waals surface area contributed by atoms with Gasteiger partial charge in [-0.3, -0.25) is 19.8 Å². The molecule has 2 amide bonds. The third-order valence-corrected chi connectivity index (χ3v) is 4.91. The van der Waals surface area contributed by atoms with Gasteiger partial charge in [0.15, 0.2) is 23.1 Å². The lowest BCUT2D eigenvalue weighted by Crippen LogP contribution is -2.46. The first-order valence-electron chi connectivity index (χ1n) is 9.23. The van der Waals surface area contributed by atoms with Gasteiger partial charge in [0.25, 0.3) is 0 Å². The summed E-state index contributed by atoms with van der Waals surface area (Å²) in [4.78, 5) is 24.2. The van der Waals surface area contributed by atoms with Gasteiger partial charge in [0, 0.05) is 24.0 Å². The minimum Gasteiger partial charge on any atom is -0.493 e. The molecule has 0 aliphatic carbocycles. The zero-order valence-corrected chi connectivity index (χ0v) is 16.8. The van der Waals surface area contributed by atoms with E-state index in [0.717, 1.165) is 11.0 Å². The number of ether oxygens (including phenoxy) is 2. The number of methoxy groups -OCH3 is 2. The van der Waals surface area contributed by atoms with Gasteiger partial charge in [-0.05, 0) is 24.3 Å². The second-order valence-electron chi connectivity index (χ2n) is 6.62. The number of benzene rings is 1. The van der Waals surface area contributed by atoms with Gasteiger partial charge in [-0.25, -0.2) is 13.6 Å². The largest absolute Gasteiger partial charge is 0.493 e. The highest BCUT2D eigenvalue weighted by atomic mass is 19.1. The molecule has 0 saturated carbocycles. The number of carbonyl (C=O) groups excluding carboxylic acids is 1. The van der Waals surface area contributed by atoms with Gasteiger partial charge in [0.1, 0.15) is 5.69 Å². The molecule has 7 nitrogen and oxygen atoms in total. The summed E-state index contributed by atoms with van der Waals surface area (Å²) >= 11 is 0. The van der Waals surface area contributed by atoms with Crippen LogP contribution in [0.1, 0.15) is 11.3 Å². The molecule has 9 heteroatoms. The second kappa shape index (κ2) is 8.02. The fourth-order valence-corrected chi connectivity index (χ4v) is 3.41. The molecule has 0 N–H and O–H groups in total. The highest BCUT2D eigenvalue weighted by Gasteiger charge is 2.37. The van der Waals surface area contributed by atoms with E-state index in [4.69, 9.17) is 9.47 Å². The highest BCUT2D eigenvalue weighted by Crippen LogP contribution is 2.42. The molecule has 0 bridgehead atoms. The van der Waals surface area contributed by atoms with Crippen LogP contribution < -0.4 is 19.3 Å². The van der Waals surface area contributed by atoms with Gasteiger partial charge >= 0.3 is 6.03 Å². The first kappa shape index (κ1) is 20.3. The van der Waals surface area contributed by atoms with Crippen LogP contribution in [-0.4, -0.2) is 30.2 Å². The smallest absolute Gasteiger partial charge is 0.334 e. The Bertz CT molecular complexity index is 1140. The first-order chi connectivity index (χ1) is 15.0. The van der Waals surface area contributed by atoms with Crippen LogP contribution in [0.15, 0.2) is 49.4 Å². The fourth-order valence-electron chi connectivity index (χ4n) is 3.41. The molecule has 2 aromatic heterocycles. The van der Waals surface area contributed by atoms with Crippen LogP contribution in [0.5, 0.6) is 11.5 Å². The van der Waals surface area contributed by atoms with Crippen molar-refractivity contribution in [2.24, 2.45) is 0 Å². The Hall–Kier alpha value is -4.01. The number of anilines is 3. The molecule has 1 aromatic carbocycles. The van der Waals surface area contributed by atoms with Crippen LogP contribution in [0, 0.1) is 11.6 Å². The lowest BCUT2D eigenvalue weighted by molar-refractivity contribution is 0.251. The van der Waals surface area contributed by atoms with E-state index in [9.17, 15) is 4.79 Å². The Labute approximate surface area is 177 Å². The second-order valence-corrected chi connectivity index (χ2v) is 6.62. The minimum atomic E-state index is -1.01. The number of carbonyl (C=O) groups is 1. The molecule has 0 unspecified atom stereocenters. The van der Waals surface area contributed by atoms with E-state index in [-0.39, 0.29) is 18.0 Å². The summed E-state index contributed by atoms with van der Waals surface area (Å²) in [5.74, 6) is -2.53. The van der Waals surface area contributed by atoms with Crippen LogP contribution in [-0.2, 0) is 6.54 Å². The molecule has 0 radical (unpaired) electrons. The average Bonchev–Trinajstić information content (AvgIpc) is 2.80. The maximum Gasteiger partial charge on any atom is 0.334 e. The molecular formula is C22H18F2N4O3. The molecule has 0 saturated heterocycles. The van der Waals surface area contributed by atoms with Gasteiger partial charge in [0.05, 0.1) is 44.0 Å². The zero-order valence-electron chi connectivity index (χ0n) is 16.8. The third-order valence-electron chi connectivity index (χ3n) is 4.91. The number of urea groups is 1. The van der Waals surface area contributed by atoms with Crippen molar-refractivity contribution in [2.75, 3.05) is 24.0 Å². The summed E-state index contributed by atoms with van der Waals surface area (Å²) in [5, 5.41) is 0. The number of aromatic nitrogens is 2. The van der Waals surface area contributed by atoms with Crippen molar-refractivity contribution in [3.63, 3.8) is 0 Å². The van der Waals surface area contributed by atoms with Gasteiger partial charge in [-0.15, -0.1) is 0 Å². The van der Waals surface area contributed by atoms with E-state index in [2.05, 4.69) is 16.5 Å². The number of pyridine rings is 2. The predicted molar refractivity (Wildman–Crippen MR) is 112 cm³/mol. The van der Waals surface area contributed by atoms with E-state index in [1.54, 1.807) is 36.7 Å². The van der Waals surface area contributed by atoms with Crippen LogP contribution >= 0.6 is 0 Å². The molecule has 4 rings (SSSR count). The number of hydrogen-bond donors (Lipinski definition) is 0. The lowest BCUT2D eigenvalue weighted by atomic mass is 10.1. The molecular weight excluding hydrogens is 406 g/mol. The van der Waals surface area contributed by atoms with Crippen molar-refractivity contribution in [1.82, 2.24) is 9.97 Å². The number of hydrogen-bond acceptors (Lipinski definition) is 5. The van der Waals surface area contributed by atoms with Crippen LogP contribution in [0.4, 0.5) is 30.6 Å². The molecule has 0 fully saturated rings. The number of nitrogens with zero attached hydrogens (tertiary/aromatic N) is 4. The molecule has 3 heterocycles. The Morgan fingerprint density at radius 1 is 1.13 bits per heavy atom.